The predicted octanol–water partition coefficient (Wildman–Crippen LogP) is 2.21. The molecule has 1 heteroatoms. The lowest BCUT2D eigenvalue weighted by molar-refractivity contribution is 1.46. The van der Waals surface area contributed by atoms with Crippen molar-refractivity contribution in [1.82, 2.24) is 0 Å². The Morgan fingerprint density at radius 3 is 2.56 bits per heavy atom. The van der Waals surface area contributed by atoms with Crippen molar-refractivity contribution in [2.75, 3.05) is 7.05 Å². The second-order valence-corrected chi connectivity index (χ2v) is 1.82. The molecular weight excluding hydrogens is 110 g/mol. The minimum absolute atomic E-state index is 1.23. The van der Waals surface area contributed by atoms with Crippen molar-refractivity contribution in [2.45, 2.75) is 13.8 Å². The molecule has 0 N–H and O–H groups in total. The van der Waals surface area contributed by atoms with Crippen molar-refractivity contribution in [3.63, 3.8) is 0 Å². The van der Waals surface area contributed by atoms with Gasteiger partial charge in [-0.15, -0.1) is 0 Å². The Balaban J connectivity index is 3.84. The van der Waals surface area contributed by atoms with E-state index in [1.165, 1.54) is 5.57 Å². The average Bonchev–Trinajstić information content (AvgIpc) is 1.85. The fourth-order valence-electron chi connectivity index (χ4n) is 0.511. The zero-order chi connectivity index (χ0) is 7.11. The molecule has 0 radical (unpaired) electrons. The molecule has 0 spiro atoms. The highest BCUT2D eigenvalue weighted by molar-refractivity contribution is 5.72. The molecule has 0 aliphatic heterocycles. The Kier molecular flexibility index (Phi) is 4.79. The zero-order valence-electron chi connectivity index (χ0n) is 6.26. The Bertz CT molecular complexity index is 141. The van der Waals surface area contributed by atoms with Crippen molar-refractivity contribution >= 4 is 6.21 Å². The molecule has 0 aliphatic rings. The van der Waals surface area contributed by atoms with E-state index in [1.54, 1.807) is 13.3 Å². The summed E-state index contributed by atoms with van der Waals surface area (Å²) in [5.41, 5.74) is 1.23. The van der Waals surface area contributed by atoms with E-state index < -0.39 is 0 Å². The van der Waals surface area contributed by atoms with Gasteiger partial charge in [-0.2, -0.15) is 0 Å². The van der Waals surface area contributed by atoms with Gasteiger partial charge in [0.2, 0.25) is 0 Å². The van der Waals surface area contributed by atoms with Gasteiger partial charge < -0.3 is 0 Å². The molecule has 0 saturated heterocycles. The van der Waals surface area contributed by atoms with Crippen LogP contribution in [-0.2, 0) is 0 Å². The topological polar surface area (TPSA) is 12.4 Å². The van der Waals surface area contributed by atoms with E-state index >= 15 is 0 Å². The Hall–Kier alpha value is -0.850. The quantitative estimate of drug-likeness (QED) is 0.394. The number of hydrogen-bond donors (Lipinski definition) is 0. The van der Waals surface area contributed by atoms with Crippen molar-refractivity contribution in [1.29, 1.82) is 0 Å². The summed E-state index contributed by atoms with van der Waals surface area (Å²) >= 11 is 0. The molecule has 0 heterocycles. The van der Waals surface area contributed by atoms with Gasteiger partial charge in [-0.25, -0.2) is 0 Å². The first-order chi connectivity index (χ1) is 4.31. The van der Waals surface area contributed by atoms with Crippen LogP contribution in [0.15, 0.2) is 28.8 Å². The molecule has 9 heavy (non-hydrogen) atoms. The summed E-state index contributed by atoms with van der Waals surface area (Å²) in [6.07, 6.45) is 7.81. The minimum Gasteiger partial charge on any atom is -0.297 e. The molecule has 0 aromatic rings. The number of hydrogen-bond acceptors (Lipinski definition) is 1. The first kappa shape index (κ1) is 8.15. The number of rotatable bonds is 2. The van der Waals surface area contributed by atoms with Crippen molar-refractivity contribution in [3.8, 4) is 0 Å². The first-order valence-corrected chi connectivity index (χ1v) is 3.03. The van der Waals surface area contributed by atoms with Crippen LogP contribution in [0.1, 0.15) is 13.8 Å². The smallest absolute Gasteiger partial charge is 0.0277 e. The summed E-state index contributed by atoms with van der Waals surface area (Å²) in [4.78, 5) is 3.82. The summed E-state index contributed by atoms with van der Waals surface area (Å²) < 4.78 is 0. The molecule has 0 aromatic heterocycles. The molecule has 0 unspecified atom stereocenters. The van der Waals surface area contributed by atoms with E-state index in [1.807, 2.05) is 32.1 Å². The third-order valence-electron chi connectivity index (χ3n) is 0.916. The Labute approximate surface area is 56.8 Å². The fraction of sp³-hybridized carbons (Fsp3) is 0.375. The van der Waals surface area contributed by atoms with Gasteiger partial charge in [-0.1, -0.05) is 12.2 Å². The molecule has 0 rings (SSSR count). The fourth-order valence-corrected chi connectivity index (χ4v) is 0.511. The van der Waals surface area contributed by atoms with Crippen LogP contribution < -0.4 is 0 Å². The van der Waals surface area contributed by atoms with Crippen molar-refractivity contribution < 1.29 is 0 Å². The van der Waals surface area contributed by atoms with Crippen LogP contribution in [0.4, 0.5) is 0 Å². The number of allylic oxidation sites excluding steroid dienone is 4. The van der Waals surface area contributed by atoms with Gasteiger partial charge in [0.15, 0.2) is 0 Å². The summed E-state index contributed by atoms with van der Waals surface area (Å²) in [6.45, 7) is 4.04. The maximum Gasteiger partial charge on any atom is 0.0277 e. The van der Waals surface area contributed by atoms with E-state index in [4.69, 9.17) is 0 Å². The van der Waals surface area contributed by atoms with Crippen LogP contribution in [-0.4, -0.2) is 13.3 Å². The van der Waals surface area contributed by atoms with Crippen LogP contribution >= 0.6 is 0 Å². The van der Waals surface area contributed by atoms with Gasteiger partial charge in [0.25, 0.3) is 0 Å². The Morgan fingerprint density at radius 2 is 2.11 bits per heavy atom. The summed E-state index contributed by atoms with van der Waals surface area (Å²) in [6, 6.07) is 0. The van der Waals surface area contributed by atoms with Crippen LogP contribution in [0, 0.1) is 0 Å². The zero-order valence-corrected chi connectivity index (χ0v) is 6.26. The van der Waals surface area contributed by atoms with Gasteiger partial charge in [-0.05, 0) is 25.5 Å². The lowest BCUT2D eigenvalue weighted by Crippen LogP contribution is -1.68. The van der Waals surface area contributed by atoms with E-state index in [-0.39, 0.29) is 0 Å². The second-order valence-electron chi connectivity index (χ2n) is 1.82. The van der Waals surface area contributed by atoms with Crippen LogP contribution in [0.5, 0.6) is 0 Å². The van der Waals surface area contributed by atoms with Crippen LogP contribution in [0.2, 0.25) is 0 Å². The monoisotopic (exact) mass is 123 g/mol. The minimum atomic E-state index is 1.23. The number of aliphatic imine (C=N–C) groups is 1. The Morgan fingerprint density at radius 1 is 1.44 bits per heavy atom. The lowest BCUT2D eigenvalue weighted by atomic mass is 10.3. The van der Waals surface area contributed by atoms with Gasteiger partial charge in [0, 0.05) is 13.3 Å². The molecule has 0 bridgehead atoms. The van der Waals surface area contributed by atoms with E-state index in [0.717, 1.165) is 0 Å². The second kappa shape index (κ2) is 5.29. The molecule has 1 nitrogen and oxygen atoms in total. The average molecular weight is 123 g/mol. The molecular formula is C8H13N. The summed E-state index contributed by atoms with van der Waals surface area (Å²) in [5, 5.41) is 0. The maximum atomic E-state index is 3.82. The normalized spacial score (nSPS) is 13.9. The molecule has 0 aliphatic carbocycles. The maximum absolute atomic E-state index is 3.82. The van der Waals surface area contributed by atoms with E-state index in [0.29, 0.717) is 0 Å². The highest BCUT2D eigenvalue weighted by Crippen LogP contribution is 1.91. The summed E-state index contributed by atoms with van der Waals surface area (Å²) in [5.74, 6) is 0. The molecule has 0 aromatic carbocycles. The molecule has 0 saturated carbocycles. The molecule has 0 atom stereocenters. The highest BCUT2D eigenvalue weighted by atomic mass is 14.6. The molecule has 50 valence electrons. The summed E-state index contributed by atoms with van der Waals surface area (Å²) in [7, 11) is 1.76. The van der Waals surface area contributed by atoms with Gasteiger partial charge in [-0.3, -0.25) is 4.99 Å². The van der Waals surface area contributed by atoms with E-state index in [2.05, 4.69) is 4.99 Å². The standard InChI is InChI=1S/C8H13N/c1-4-5-8(2)6-7-9-3/h4-7H,1-3H3/b5-4+,8-6-,9-7?. The lowest BCUT2D eigenvalue weighted by Gasteiger charge is -1.83. The third-order valence-corrected chi connectivity index (χ3v) is 0.916. The highest BCUT2D eigenvalue weighted by Gasteiger charge is 1.73. The SMILES string of the molecule is C/C=C/C(C)=C\C=NC. The molecule has 0 fully saturated rings. The first-order valence-electron chi connectivity index (χ1n) is 3.03. The largest absolute Gasteiger partial charge is 0.297 e. The predicted molar refractivity (Wildman–Crippen MR) is 43.0 cm³/mol. The van der Waals surface area contributed by atoms with Crippen molar-refractivity contribution in [3.05, 3.63) is 23.8 Å². The van der Waals surface area contributed by atoms with Crippen molar-refractivity contribution in [2.24, 2.45) is 4.99 Å². The van der Waals surface area contributed by atoms with Crippen LogP contribution in [0.25, 0.3) is 0 Å². The van der Waals surface area contributed by atoms with E-state index in [9.17, 15) is 0 Å². The number of nitrogens with zero attached hydrogens (tertiary/aromatic N) is 1. The van der Waals surface area contributed by atoms with Gasteiger partial charge in [0.05, 0.1) is 0 Å². The molecule has 0 amide bonds. The van der Waals surface area contributed by atoms with Gasteiger partial charge in [0.1, 0.15) is 0 Å². The third kappa shape index (κ3) is 5.01. The van der Waals surface area contributed by atoms with Crippen LogP contribution in [0.3, 0.4) is 0 Å². The van der Waals surface area contributed by atoms with Gasteiger partial charge >= 0.3 is 0 Å².